The second-order valence-corrected chi connectivity index (χ2v) is 5.14. The molecule has 1 aromatic rings. The van der Waals surface area contributed by atoms with E-state index in [0.717, 1.165) is 25.9 Å². The molecule has 1 unspecified atom stereocenters. The van der Waals surface area contributed by atoms with E-state index >= 15 is 0 Å². The molecule has 0 aromatic carbocycles. The van der Waals surface area contributed by atoms with Crippen LogP contribution in [0.4, 0.5) is 17.5 Å². The van der Waals surface area contributed by atoms with Gasteiger partial charge in [0.15, 0.2) is 0 Å². The lowest BCUT2D eigenvalue weighted by atomic mass is 10.1. The topological polar surface area (TPSA) is 84.2 Å². The van der Waals surface area contributed by atoms with E-state index in [9.17, 15) is 10.1 Å². The lowest BCUT2D eigenvalue weighted by Gasteiger charge is -2.24. The van der Waals surface area contributed by atoms with Crippen LogP contribution >= 0.6 is 0 Å². The van der Waals surface area contributed by atoms with Crippen LogP contribution in [-0.4, -0.2) is 34.5 Å². The molecule has 118 valence electrons. The molecule has 7 heteroatoms. The largest absolute Gasteiger partial charge is 0.354 e. The molecule has 0 aliphatic carbocycles. The van der Waals surface area contributed by atoms with E-state index in [1.165, 1.54) is 6.20 Å². The second-order valence-electron chi connectivity index (χ2n) is 5.14. The Hall–Kier alpha value is -1.92. The third-order valence-electron chi connectivity index (χ3n) is 3.39. The van der Waals surface area contributed by atoms with Gasteiger partial charge >= 0.3 is 5.69 Å². The molecule has 1 aromatic heterocycles. The van der Waals surface area contributed by atoms with Gasteiger partial charge in [0, 0.05) is 19.6 Å². The van der Waals surface area contributed by atoms with Gasteiger partial charge in [-0.15, -0.1) is 0 Å². The zero-order valence-electron chi connectivity index (χ0n) is 13.3. The Balaban J connectivity index is 3.10. The number of hydrogen-bond donors (Lipinski definition) is 1. The Morgan fingerprint density at radius 3 is 2.67 bits per heavy atom. The summed E-state index contributed by atoms with van der Waals surface area (Å²) in [5.74, 6) is 1.29. The number of nitro groups is 1. The fraction of sp³-hybridized carbons (Fsp3) is 0.714. The molecule has 1 heterocycles. The van der Waals surface area contributed by atoms with Crippen LogP contribution in [0.3, 0.4) is 0 Å². The Morgan fingerprint density at radius 1 is 1.43 bits per heavy atom. The van der Waals surface area contributed by atoms with Crippen molar-refractivity contribution in [1.29, 1.82) is 0 Å². The van der Waals surface area contributed by atoms with Crippen molar-refractivity contribution in [2.75, 3.05) is 29.9 Å². The summed E-state index contributed by atoms with van der Waals surface area (Å²) >= 11 is 0. The van der Waals surface area contributed by atoms with Crippen LogP contribution in [0, 0.1) is 16.0 Å². The molecule has 0 saturated carbocycles. The molecule has 1 atom stereocenters. The first-order valence-corrected chi connectivity index (χ1v) is 7.53. The molecule has 7 nitrogen and oxygen atoms in total. The van der Waals surface area contributed by atoms with Gasteiger partial charge in [0.1, 0.15) is 6.20 Å². The van der Waals surface area contributed by atoms with Gasteiger partial charge in [0.05, 0.1) is 4.92 Å². The van der Waals surface area contributed by atoms with E-state index in [1.54, 1.807) is 0 Å². The third kappa shape index (κ3) is 4.84. The summed E-state index contributed by atoms with van der Waals surface area (Å²) in [7, 11) is 0. The number of nitrogens with zero attached hydrogens (tertiary/aromatic N) is 4. The molecular weight excluding hydrogens is 270 g/mol. The molecule has 0 bridgehead atoms. The number of hydrogen-bond acceptors (Lipinski definition) is 6. The van der Waals surface area contributed by atoms with Crippen LogP contribution in [0.15, 0.2) is 6.20 Å². The van der Waals surface area contributed by atoms with E-state index < -0.39 is 4.92 Å². The van der Waals surface area contributed by atoms with Crippen LogP contribution in [-0.2, 0) is 0 Å². The first-order chi connectivity index (χ1) is 10.0. The number of nitrogens with one attached hydrogen (secondary N) is 1. The normalized spacial score (nSPS) is 12.0. The van der Waals surface area contributed by atoms with Gasteiger partial charge < -0.3 is 10.2 Å². The highest BCUT2D eigenvalue weighted by atomic mass is 16.6. The van der Waals surface area contributed by atoms with Crippen LogP contribution < -0.4 is 10.2 Å². The molecule has 0 aliphatic heterocycles. The maximum Gasteiger partial charge on any atom is 0.329 e. The standard InChI is InChI=1S/C14H25N5O2/c1-5-8-15-14-16-9-12(19(20)21)13(17-14)18(7-3)10-11(4)6-2/h9,11H,5-8,10H2,1-4H3,(H,15,16,17). The summed E-state index contributed by atoms with van der Waals surface area (Å²) in [5, 5.41) is 14.3. The van der Waals surface area contributed by atoms with Crippen LogP contribution in [0.1, 0.15) is 40.5 Å². The summed E-state index contributed by atoms with van der Waals surface area (Å²) in [6.45, 7) is 10.4. The van der Waals surface area contributed by atoms with E-state index in [-0.39, 0.29) is 5.69 Å². The fourth-order valence-electron chi connectivity index (χ4n) is 1.92. The predicted octanol–water partition coefficient (Wildman–Crippen LogP) is 3.08. The highest BCUT2D eigenvalue weighted by Gasteiger charge is 2.23. The SMILES string of the molecule is CCCNc1ncc([N+](=O)[O-])c(N(CC)CC(C)CC)n1. The maximum atomic E-state index is 11.2. The molecule has 0 aliphatic rings. The van der Waals surface area contributed by atoms with Crippen molar-refractivity contribution < 1.29 is 4.92 Å². The molecule has 0 fully saturated rings. The Kier molecular flexibility index (Phi) is 6.84. The minimum absolute atomic E-state index is 0.0396. The number of rotatable bonds is 9. The molecule has 0 saturated heterocycles. The first-order valence-electron chi connectivity index (χ1n) is 7.53. The van der Waals surface area contributed by atoms with E-state index in [4.69, 9.17) is 0 Å². The summed E-state index contributed by atoms with van der Waals surface area (Å²) < 4.78 is 0. The molecular formula is C14H25N5O2. The molecule has 0 radical (unpaired) electrons. The highest BCUT2D eigenvalue weighted by Crippen LogP contribution is 2.27. The van der Waals surface area contributed by atoms with Crippen molar-refractivity contribution in [2.24, 2.45) is 5.92 Å². The Labute approximate surface area is 125 Å². The van der Waals surface area contributed by atoms with E-state index in [1.807, 2.05) is 18.7 Å². The summed E-state index contributed by atoms with van der Waals surface area (Å²) in [6.07, 6.45) is 3.26. The molecule has 0 amide bonds. The predicted molar refractivity (Wildman–Crippen MR) is 84.8 cm³/mol. The monoisotopic (exact) mass is 295 g/mol. The van der Waals surface area contributed by atoms with Gasteiger partial charge in [0.25, 0.3) is 0 Å². The molecule has 0 spiro atoms. The molecule has 1 rings (SSSR count). The quantitative estimate of drug-likeness (QED) is 0.556. The van der Waals surface area contributed by atoms with Gasteiger partial charge in [-0.05, 0) is 19.3 Å². The zero-order chi connectivity index (χ0) is 15.8. The number of anilines is 2. The molecule has 21 heavy (non-hydrogen) atoms. The van der Waals surface area contributed by atoms with Crippen LogP contribution in [0.25, 0.3) is 0 Å². The zero-order valence-corrected chi connectivity index (χ0v) is 13.3. The van der Waals surface area contributed by atoms with Crippen molar-refractivity contribution in [3.63, 3.8) is 0 Å². The lowest BCUT2D eigenvalue weighted by Crippen LogP contribution is -2.30. The number of aromatic nitrogens is 2. The summed E-state index contributed by atoms with van der Waals surface area (Å²) in [4.78, 5) is 21.1. The average molecular weight is 295 g/mol. The average Bonchev–Trinajstić information content (AvgIpc) is 2.49. The third-order valence-corrected chi connectivity index (χ3v) is 3.39. The van der Waals surface area contributed by atoms with Gasteiger partial charge in [-0.3, -0.25) is 10.1 Å². The van der Waals surface area contributed by atoms with Crippen molar-refractivity contribution in [1.82, 2.24) is 9.97 Å². The van der Waals surface area contributed by atoms with Crippen LogP contribution in [0.2, 0.25) is 0 Å². The van der Waals surface area contributed by atoms with Crippen molar-refractivity contribution in [3.05, 3.63) is 16.3 Å². The van der Waals surface area contributed by atoms with E-state index in [2.05, 4.69) is 29.1 Å². The Morgan fingerprint density at radius 2 is 2.14 bits per heavy atom. The fourth-order valence-corrected chi connectivity index (χ4v) is 1.92. The Bertz CT molecular complexity index is 467. The first kappa shape index (κ1) is 17.1. The minimum Gasteiger partial charge on any atom is -0.354 e. The van der Waals surface area contributed by atoms with Gasteiger partial charge in [-0.2, -0.15) is 4.98 Å². The van der Waals surface area contributed by atoms with E-state index in [0.29, 0.717) is 24.2 Å². The maximum absolute atomic E-state index is 11.2. The van der Waals surface area contributed by atoms with Crippen LogP contribution in [0.5, 0.6) is 0 Å². The van der Waals surface area contributed by atoms with Crippen molar-refractivity contribution in [3.8, 4) is 0 Å². The van der Waals surface area contributed by atoms with Crippen molar-refractivity contribution >= 4 is 17.5 Å². The summed E-state index contributed by atoms with van der Waals surface area (Å²) in [6, 6.07) is 0. The van der Waals surface area contributed by atoms with Gasteiger partial charge in [-0.25, -0.2) is 4.98 Å². The smallest absolute Gasteiger partial charge is 0.329 e. The second kappa shape index (κ2) is 8.39. The van der Waals surface area contributed by atoms with Crippen molar-refractivity contribution in [2.45, 2.75) is 40.5 Å². The molecule has 1 N–H and O–H groups in total. The lowest BCUT2D eigenvalue weighted by molar-refractivity contribution is -0.384. The van der Waals surface area contributed by atoms with Gasteiger partial charge in [0.2, 0.25) is 11.8 Å². The summed E-state index contributed by atoms with van der Waals surface area (Å²) in [5.41, 5.74) is -0.0396. The highest BCUT2D eigenvalue weighted by molar-refractivity contribution is 5.58. The van der Waals surface area contributed by atoms with Gasteiger partial charge in [-0.1, -0.05) is 27.2 Å². The minimum atomic E-state index is -0.418.